The molecule has 0 saturated carbocycles. The smallest absolute Gasteiger partial charge is 0.336 e. The summed E-state index contributed by atoms with van der Waals surface area (Å²) in [5.41, 5.74) is 2.76. The van der Waals surface area contributed by atoms with E-state index < -0.39 is 0 Å². The standard InChI is InChI=1S/C23H18N2O3/c1-13(2)23-22(25-18-5-3-4-15-12-24-9-8-16(15)18)17-10-14-6-7-21(26)27-19(14)11-20(17)28-23/h3-13,25H,1-2H3. The topological polar surface area (TPSA) is 68.3 Å². The van der Waals surface area contributed by atoms with E-state index in [0.29, 0.717) is 11.2 Å². The molecule has 0 saturated heterocycles. The van der Waals surface area contributed by atoms with Crippen LogP contribution in [-0.2, 0) is 0 Å². The normalized spacial score (nSPS) is 11.7. The number of furan rings is 1. The lowest BCUT2D eigenvalue weighted by Gasteiger charge is -2.11. The average Bonchev–Trinajstić information content (AvgIpc) is 3.04. The van der Waals surface area contributed by atoms with Crippen molar-refractivity contribution in [3.8, 4) is 0 Å². The van der Waals surface area contributed by atoms with E-state index in [0.717, 1.165) is 38.7 Å². The lowest BCUT2D eigenvalue weighted by molar-refractivity contribution is 0.522. The Morgan fingerprint density at radius 3 is 2.68 bits per heavy atom. The van der Waals surface area contributed by atoms with Crippen LogP contribution in [0.4, 0.5) is 11.4 Å². The molecular formula is C23H18N2O3. The van der Waals surface area contributed by atoms with Gasteiger partial charge < -0.3 is 14.2 Å². The van der Waals surface area contributed by atoms with Crippen LogP contribution in [0, 0.1) is 0 Å². The van der Waals surface area contributed by atoms with Crippen LogP contribution in [0.2, 0.25) is 0 Å². The Morgan fingerprint density at radius 2 is 1.82 bits per heavy atom. The third kappa shape index (κ3) is 2.63. The van der Waals surface area contributed by atoms with Crippen LogP contribution in [0.3, 0.4) is 0 Å². The van der Waals surface area contributed by atoms with E-state index >= 15 is 0 Å². The van der Waals surface area contributed by atoms with Crippen LogP contribution in [0.5, 0.6) is 0 Å². The molecule has 1 N–H and O–H groups in total. The first-order valence-electron chi connectivity index (χ1n) is 9.20. The van der Waals surface area contributed by atoms with Gasteiger partial charge in [-0.15, -0.1) is 0 Å². The molecule has 3 heterocycles. The van der Waals surface area contributed by atoms with Gasteiger partial charge in [-0.3, -0.25) is 4.98 Å². The molecule has 0 spiro atoms. The van der Waals surface area contributed by atoms with Crippen LogP contribution in [0.15, 0.2) is 74.6 Å². The molecule has 0 unspecified atom stereocenters. The van der Waals surface area contributed by atoms with Crippen molar-refractivity contribution < 1.29 is 8.83 Å². The Hall–Kier alpha value is -3.60. The molecule has 28 heavy (non-hydrogen) atoms. The fourth-order valence-corrected chi connectivity index (χ4v) is 3.58. The maximum absolute atomic E-state index is 11.6. The summed E-state index contributed by atoms with van der Waals surface area (Å²) in [5, 5.41) is 7.55. The minimum absolute atomic E-state index is 0.182. The minimum atomic E-state index is -0.370. The van der Waals surface area contributed by atoms with Crippen LogP contribution in [0.1, 0.15) is 25.5 Å². The number of pyridine rings is 1. The number of nitrogens with zero attached hydrogens (tertiary/aromatic N) is 1. The number of anilines is 2. The average molecular weight is 370 g/mol. The summed E-state index contributed by atoms with van der Waals surface area (Å²) in [5.74, 6) is 1.04. The van der Waals surface area contributed by atoms with Gasteiger partial charge >= 0.3 is 5.63 Å². The van der Waals surface area contributed by atoms with Crippen molar-refractivity contribution in [1.82, 2.24) is 4.98 Å². The molecule has 0 aliphatic carbocycles. The van der Waals surface area contributed by atoms with Gasteiger partial charge in [-0.25, -0.2) is 4.79 Å². The first-order chi connectivity index (χ1) is 13.6. The lowest BCUT2D eigenvalue weighted by atomic mass is 10.1. The van der Waals surface area contributed by atoms with Crippen LogP contribution in [-0.4, -0.2) is 4.98 Å². The number of rotatable bonds is 3. The number of aromatic nitrogens is 1. The molecule has 0 fully saturated rings. The zero-order valence-electron chi connectivity index (χ0n) is 15.5. The summed E-state index contributed by atoms with van der Waals surface area (Å²) >= 11 is 0. The molecule has 0 aliphatic heterocycles. The zero-order chi connectivity index (χ0) is 19.3. The molecule has 2 aromatic carbocycles. The third-order valence-corrected chi connectivity index (χ3v) is 4.92. The summed E-state index contributed by atoms with van der Waals surface area (Å²) in [7, 11) is 0. The van der Waals surface area contributed by atoms with E-state index in [-0.39, 0.29) is 11.5 Å². The van der Waals surface area contributed by atoms with Crippen molar-refractivity contribution in [2.24, 2.45) is 0 Å². The highest BCUT2D eigenvalue weighted by molar-refractivity contribution is 6.04. The highest BCUT2D eigenvalue weighted by atomic mass is 16.4. The van der Waals surface area contributed by atoms with Crippen LogP contribution in [0.25, 0.3) is 32.7 Å². The molecule has 0 amide bonds. The van der Waals surface area contributed by atoms with Crippen LogP contribution >= 0.6 is 0 Å². The van der Waals surface area contributed by atoms with Crippen LogP contribution < -0.4 is 10.9 Å². The van der Waals surface area contributed by atoms with Gasteiger partial charge in [-0.1, -0.05) is 26.0 Å². The fourth-order valence-electron chi connectivity index (χ4n) is 3.58. The van der Waals surface area contributed by atoms with Crippen molar-refractivity contribution >= 4 is 44.1 Å². The third-order valence-electron chi connectivity index (χ3n) is 4.92. The quantitative estimate of drug-likeness (QED) is 0.397. The summed E-state index contributed by atoms with van der Waals surface area (Å²) in [6.07, 6.45) is 3.65. The largest absolute Gasteiger partial charge is 0.458 e. The molecule has 138 valence electrons. The first-order valence-corrected chi connectivity index (χ1v) is 9.20. The van der Waals surface area contributed by atoms with E-state index in [1.807, 2.05) is 36.5 Å². The van der Waals surface area contributed by atoms with Crippen molar-refractivity contribution in [2.75, 3.05) is 5.32 Å². The second kappa shape index (κ2) is 6.23. The maximum Gasteiger partial charge on any atom is 0.336 e. The van der Waals surface area contributed by atoms with Crippen molar-refractivity contribution in [2.45, 2.75) is 19.8 Å². The monoisotopic (exact) mass is 370 g/mol. The van der Waals surface area contributed by atoms with Gasteiger partial charge in [0.1, 0.15) is 16.9 Å². The summed E-state index contributed by atoms with van der Waals surface area (Å²) in [6.45, 7) is 4.19. The Labute approximate surface area is 160 Å². The number of benzene rings is 2. The van der Waals surface area contributed by atoms with Crippen molar-refractivity contribution in [1.29, 1.82) is 0 Å². The van der Waals surface area contributed by atoms with Gasteiger partial charge in [0.15, 0.2) is 0 Å². The molecule has 5 nitrogen and oxygen atoms in total. The molecule has 5 aromatic rings. The molecule has 0 atom stereocenters. The highest BCUT2D eigenvalue weighted by Gasteiger charge is 2.19. The number of nitrogens with one attached hydrogen (secondary N) is 1. The second-order valence-corrected chi connectivity index (χ2v) is 7.16. The van der Waals surface area contributed by atoms with Gasteiger partial charge in [0.05, 0.1) is 5.69 Å². The molecular weight excluding hydrogens is 352 g/mol. The highest BCUT2D eigenvalue weighted by Crippen LogP contribution is 2.40. The molecule has 0 aliphatic rings. The Balaban J connectivity index is 1.75. The van der Waals surface area contributed by atoms with Gasteiger partial charge in [-0.2, -0.15) is 0 Å². The van der Waals surface area contributed by atoms with E-state index in [4.69, 9.17) is 8.83 Å². The van der Waals surface area contributed by atoms with Crippen molar-refractivity contribution in [3.63, 3.8) is 0 Å². The number of fused-ring (bicyclic) bond motifs is 3. The summed E-state index contributed by atoms with van der Waals surface area (Å²) in [4.78, 5) is 15.8. The SMILES string of the molecule is CC(C)c1oc2cc3oc(=O)ccc3cc2c1Nc1cccc2cnccc12. The second-order valence-electron chi connectivity index (χ2n) is 7.16. The Bertz CT molecular complexity index is 1390. The molecule has 0 radical (unpaired) electrons. The maximum atomic E-state index is 11.6. The van der Waals surface area contributed by atoms with Gasteiger partial charge in [0.25, 0.3) is 0 Å². The zero-order valence-corrected chi connectivity index (χ0v) is 15.5. The van der Waals surface area contributed by atoms with E-state index in [1.54, 1.807) is 18.3 Å². The first kappa shape index (κ1) is 16.6. The van der Waals surface area contributed by atoms with Gasteiger partial charge in [0.2, 0.25) is 0 Å². The minimum Gasteiger partial charge on any atom is -0.458 e. The molecule has 5 heteroatoms. The number of hydrogen-bond acceptors (Lipinski definition) is 5. The van der Waals surface area contributed by atoms with Crippen molar-refractivity contribution in [3.05, 3.63) is 77.1 Å². The summed E-state index contributed by atoms with van der Waals surface area (Å²) in [6, 6.07) is 15.1. The molecule has 0 bridgehead atoms. The molecule has 5 rings (SSSR count). The number of hydrogen-bond donors (Lipinski definition) is 1. The van der Waals surface area contributed by atoms with E-state index in [9.17, 15) is 4.79 Å². The van der Waals surface area contributed by atoms with E-state index in [2.05, 4.69) is 24.1 Å². The van der Waals surface area contributed by atoms with E-state index in [1.165, 1.54) is 6.07 Å². The van der Waals surface area contributed by atoms with Gasteiger partial charge in [0, 0.05) is 57.7 Å². The fraction of sp³-hybridized carbons (Fsp3) is 0.130. The Kier molecular flexibility index (Phi) is 3.69. The van der Waals surface area contributed by atoms with Gasteiger partial charge in [-0.05, 0) is 24.3 Å². The predicted molar refractivity (Wildman–Crippen MR) is 111 cm³/mol. The molecule has 3 aromatic heterocycles. The summed E-state index contributed by atoms with van der Waals surface area (Å²) < 4.78 is 11.5. The lowest BCUT2D eigenvalue weighted by Crippen LogP contribution is -1.96. The predicted octanol–water partition coefficient (Wildman–Crippen LogP) is 5.95. The Morgan fingerprint density at radius 1 is 0.929 bits per heavy atom.